The summed E-state index contributed by atoms with van der Waals surface area (Å²) in [6.45, 7) is 4.16. The van der Waals surface area contributed by atoms with Crippen molar-refractivity contribution in [3.05, 3.63) is 70.1 Å². The van der Waals surface area contributed by atoms with E-state index in [-0.39, 0.29) is 23.1 Å². The van der Waals surface area contributed by atoms with E-state index in [0.717, 1.165) is 57.8 Å². The lowest BCUT2D eigenvalue weighted by molar-refractivity contribution is 0.439. The number of aromatic amines is 1. The summed E-state index contributed by atoms with van der Waals surface area (Å²) in [7, 11) is -5.20. The maximum Gasteiger partial charge on any atom is 0.488 e. The number of nitrogens with one attached hydrogen (secondary N) is 1. The van der Waals surface area contributed by atoms with Gasteiger partial charge in [0.15, 0.2) is 11.2 Å². The Morgan fingerprint density at radius 2 is 1.97 bits per heavy atom. The summed E-state index contributed by atoms with van der Waals surface area (Å²) in [6.07, 6.45) is 11.0. The Balaban J connectivity index is 1.69. The predicted molar refractivity (Wildman–Crippen MR) is 146 cm³/mol. The number of hydrogen-bond acceptors (Lipinski definition) is 5. The van der Waals surface area contributed by atoms with Crippen LogP contribution in [0, 0.1) is 18.3 Å². The summed E-state index contributed by atoms with van der Waals surface area (Å²) in [4.78, 5) is 21.5. The van der Waals surface area contributed by atoms with Crippen molar-refractivity contribution in [1.29, 1.82) is 0 Å². The van der Waals surface area contributed by atoms with Crippen LogP contribution in [0.15, 0.2) is 53.6 Å². The van der Waals surface area contributed by atoms with Gasteiger partial charge in [-0.1, -0.05) is 29.7 Å². The molecule has 1 N–H and O–H groups in total. The molecule has 1 aliphatic rings. The fraction of sp³-hybridized carbons (Fsp3) is 0.241. The summed E-state index contributed by atoms with van der Waals surface area (Å²) in [6, 6.07) is 11.2. The maximum absolute atomic E-state index is 14.0. The van der Waals surface area contributed by atoms with Crippen molar-refractivity contribution in [3.63, 3.8) is 0 Å². The van der Waals surface area contributed by atoms with Crippen molar-refractivity contribution in [2.45, 2.75) is 39.2 Å². The van der Waals surface area contributed by atoms with Crippen molar-refractivity contribution < 1.29 is 16.5 Å². The van der Waals surface area contributed by atoms with Crippen molar-refractivity contribution in [2.24, 2.45) is 5.92 Å². The number of benzene rings is 2. The highest BCUT2D eigenvalue weighted by atomic mass is 32.3. The van der Waals surface area contributed by atoms with Crippen LogP contribution in [0.5, 0.6) is 5.75 Å². The number of pyridine rings is 2. The average molecular weight is 530 g/mol. The molecule has 5 aromatic rings. The molecule has 0 aliphatic heterocycles. The minimum Gasteiger partial charge on any atom is -0.357 e. The number of hydrogen-bond donors (Lipinski definition) is 1. The first-order chi connectivity index (χ1) is 18.1. The molecular weight excluding hydrogens is 505 g/mol. The van der Waals surface area contributed by atoms with E-state index in [9.17, 15) is 17.1 Å². The fourth-order valence-corrected chi connectivity index (χ4v) is 5.59. The molecule has 0 amide bonds. The zero-order valence-corrected chi connectivity index (χ0v) is 21.6. The van der Waals surface area contributed by atoms with Gasteiger partial charge in [-0.25, -0.2) is 0 Å². The average Bonchev–Trinajstić information content (AvgIpc) is 3.62. The van der Waals surface area contributed by atoms with Gasteiger partial charge in [0, 0.05) is 39.7 Å². The molecule has 3 aromatic heterocycles. The second-order valence-electron chi connectivity index (χ2n) is 10.2. The van der Waals surface area contributed by atoms with Gasteiger partial charge in [0.2, 0.25) is 0 Å². The topological polar surface area (TPSA) is 94.1 Å². The third-order valence-corrected chi connectivity index (χ3v) is 7.29. The van der Waals surface area contributed by atoms with Crippen LogP contribution in [-0.2, 0) is 16.9 Å². The third kappa shape index (κ3) is 4.21. The number of aromatic nitrogens is 3. The Morgan fingerprint density at radius 1 is 1.18 bits per heavy atom. The first kappa shape index (κ1) is 24.2. The highest BCUT2D eigenvalue weighted by Crippen LogP contribution is 2.42. The number of terminal acetylenes is 1. The Labute approximate surface area is 218 Å². The molecule has 3 heterocycles. The second kappa shape index (κ2) is 8.71. The molecule has 7 nitrogen and oxygen atoms in total. The van der Waals surface area contributed by atoms with Gasteiger partial charge in [0.25, 0.3) is 0 Å². The lowest BCUT2D eigenvalue weighted by Gasteiger charge is -2.18. The molecule has 1 aliphatic carbocycles. The van der Waals surface area contributed by atoms with Gasteiger partial charge in [-0.05, 0) is 66.6 Å². The first-order valence-electron chi connectivity index (χ1n) is 12.4. The van der Waals surface area contributed by atoms with Crippen LogP contribution in [0.1, 0.15) is 43.9 Å². The largest absolute Gasteiger partial charge is 0.488 e. The van der Waals surface area contributed by atoms with E-state index in [1.165, 1.54) is 6.07 Å². The van der Waals surface area contributed by atoms with E-state index >= 15 is 0 Å². The second-order valence-corrected chi connectivity index (χ2v) is 11.1. The van der Waals surface area contributed by atoms with Crippen molar-refractivity contribution in [3.8, 4) is 29.2 Å². The van der Waals surface area contributed by atoms with Gasteiger partial charge < -0.3 is 13.7 Å². The highest BCUT2D eigenvalue weighted by Gasteiger charge is 2.29. The van der Waals surface area contributed by atoms with Crippen LogP contribution < -0.4 is 9.61 Å². The van der Waals surface area contributed by atoms with E-state index in [2.05, 4.69) is 38.5 Å². The molecule has 0 atom stereocenters. The number of fused-ring (bicyclic) bond motifs is 4. The van der Waals surface area contributed by atoms with Gasteiger partial charge in [0.05, 0.1) is 17.1 Å². The van der Waals surface area contributed by atoms with Crippen LogP contribution >= 0.6 is 0 Å². The first-order valence-corrected chi connectivity index (χ1v) is 13.7. The predicted octanol–water partition coefficient (Wildman–Crippen LogP) is 5.81. The lowest BCUT2D eigenvalue weighted by atomic mass is 9.92. The van der Waals surface area contributed by atoms with Crippen molar-refractivity contribution in [1.82, 2.24) is 14.5 Å². The molecular formula is C29H24FN3O4S. The van der Waals surface area contributed by atoms with Crippen LogP contribution in [-0.4, -0.2) is 23.0 Å². The molecule has 0 spiro atoms. The SMILES string of the molecule is C#Cc1ccc2c(c1)[nH]c1c2c(=O)c2cc(CC(C)C)c(-c3cncc(OS(=O)(=O)F)c3)cc2n1C1CC1. The summed E-state index contributed by atoms with van der Waals surface area (Å²) in [5, 5.41) is 2.07. The van der Waals surface area contributed by atoms with Gasteiger partial charge in [-0.2, -0.15) is 8.42 Å². The number of halogens is 1. The third-order valence-electron chi connectivity index (χ3n) is 6.90. The van der Waals surface area contributed by atoms with E-state index in [4.69, 9.17) is 6.42 Å². The minimum atomic E-state index is -5.20. The molecule has 38 heavy (non-hydrogen) atoms. The Bertz CT molecular complexity index is 1980. The summed E-state index contributed by atoms with van der Waals surface area (Å²) in [5.74, 6) is 2.69. The van der Waals surface area contributed by atoms with E-state index < -0.39 is 10.5 Å². The molecule has 0 saturated heterocycles. The van der Waals surface area contributed by atoms with E-state index in [1.807, 2.05) is 30.3 Å². The zero-order chi connectivity index (χ0) is 26.8. The number of H-pyrrole nitrogens is 1. The highest BCUT2D eigenvalue weighted by molar-refractivity contribution is 7.81. The van der Waals surface area contributed by atoms with Gasteiger partial charge >= 0.3 is 10.5 Å². The molecule has 0 radical (unpaired) electrons. The minimum absolute atomic E-state index is 0.0677. The Kier molecular flexibility index (Phi) is 5.54. The zero-order valence-electron chi connectivity index (χ0n) is 20.8. The van der Waals surface area contributed by atoms with Crippen LogP contribution in [0.3, 0.4) is 0 Å². The van der Waals surface area contributed by atoms with Crippen LogP contribution in [0.2, 0.25) is 0 Å². The Morgan fingerprint density at radius 3 is 2.66 bits per heavy atom. The van der Waals surface area contributed by atoms with Crippen molar-refractivity contribution in [2.75, 3.05) is 0 Å². The van der Waals surface area contributed by atoms with Crippen LogP contribution in [0.25, 0.3) is 44.0 Å². The van der Waals surface area contributed by atoms with Gasteiger partial charge in [0.1, 0.15) is 5.65 Å². The monoisotopic (exact) mass is 529 g/mol. The molecule has 192 valence electrons. The van der Waals surface area contributed by atoms with Gasteiger partial charge in [-0.15, -0.1) is 6.42 Å². The molecule has 1 saturated carbocycles. The fourth-order valence-electron chi connectivity index (χ4n) is 5.27. The van der Waals surface area contributed by atoms with E-state index in [0.29, 0.717) is 22.8 Å². The summed E-state index contributed by atoms with van der Waals surface area (Å²) < 4.78 is 42.0. The van der Waals surface area contributed by atoms with E-state index in [1.54, 1.807) is 6.20 Å². The van der Waals surface area contributed by atoms with Crippen LogP contribution in [0.4, 0.5) is 3.89 Å². The summed E-state index contributed by atoms with van der Waals surface area (Å²) in [5.41, 5.74) is 5.22. The lowest BCUT2D eigenvalue weighted by Crippen LogP contribution is -2.12. The quantitative estimate of drug-likeness (QED) is 0.221. The molecule has 6 rings (SSSR count). The molecule has 0 bridgehead atoms. The maximum atomic E-state index is 14.0. The smallest absolute Gasteiger partial charge is 0.357 e. The summed E-state index contributed by atoms with van der Waals surface area (Å²) >= 11 is 0. The molecule has 2 aromatic carbocycles. The van der Waals surface area contributed by atoms with Gasteiger partial charge in [-0.3, -0.25) is 9.78 Å². The molecule has 9 heteroatoms. The molecule has 1 fully saturated rings. The normalized spacial score (nSPS) is 14.0. The number of rotatable bonds is 6. The van der Waals surface area contributed by atoms with Crippen molar-refractivity contribution >= 4 is 43.3 Å². The Hall–Kier alpha value is -4.16. The molecule has 0 unspecified atom stereocenters. The standard InChI is InChI=1S/C29H24FN3O4S/c1-4-17-5-8-22-25(10-17)32-29-27(22)28(34)24-12-18(9-16(2)3)23(13-26(24)33(29)20-6-7-20)19-11-21(15-31-14-19)37-38(30,35)36/h1,5,8,10-16,20,32H,6-7,9H2,2-3H3. The number of nitrogens with zero attached hydrogens (tertiary/aromatic N) is 2.